The number of hydrogen-bond acceptors (Lipinski definition) is 4. The summed E-state index contributed by atoms with van der Waals surface area (Å²) in [4.78, 5) is 15.4. The van der Waals surface area contributed by atoms with Gasteiger partial charge in [0.15, 0.2) is 0 Å². The van der Waals surface area contributed by atoms with E-state index in [1.807, 2.05) is 11.8 Å². The molecule has 5 heteroatoms. The van der Waals surface area contributed by atoms with Gasteiger partial charge in [-0.05, 0) is 12.2 Å². The fourth-order valence-corrected chi connectivity index (χ4v) is 2.83. The van der Waals surface area contributed by atoms with E-state index in [0.29, 0.717) is 0 Å². The molecular formula is C9H13NO2S2. The van der Waals surface area contributed by atoms with Crippen molar-refractivity contribution < 1.29 is 9.90 Å². The average molecular weight is 231 g/mol. The lowest BCUT2D eigenvalue weighted by atomic mass is 10.4. The Balaban J connectivity index is 2.38. The SMILES string of the molecule is CCCSCc1ncc(CC(=O)O)s1. The molecule has 0 radical (unpaired) electrons. The van der Waals surface area contributed by atoms with E-state index in [2.05, 4.69) is 11.9 Å². The first-order valence-corrected chi connectivity index (χ1v) is 6.42. The summed E-state index contributed by atoms with van der Waals surface area (Å²) < 4.78 is 0. The van der Waals surface area contributed by atoms with Crippen molar-refractivity contribution in [2.24, 2.45) is 0 Å². The van der Waals surface area contributed by atoms with Crippen molar-refractivity contribution in [2.45, 2.75) is 25.5 Å². The van der Waals surface area contributed by atoms with Crippen LogP contribution in [-0.2, 0) is 17.0 Å². The van der Waals surface area contributed by atoms with Crippen LogP contribution in [0.5, 0.6) is 0 Å². The zero-order chi connectivity index (χ0) is 10.4. The third-order valence-electron chi connectivity index (χ3n) is 1.50. The zero-order valence-electron chi connectivity index (χ0n) is 8.02. The summed E-state index contributed by atoms with van der Waals surface area (Å²) in [5.41, 5.74) is 0. The highest BCUT2D eigenvalue weighted by Gasteiger charge is 2.05. The van der Waals surface area contributed by atoms with Crippen LogP contribution >= 0.6 is 23.1 Å². The molecular weight excluding hydrogens is 218 g/mol. The van der Waals surface area contributed by atoms with Gasteiger partial charge in [0.05, 0.1) is 6.42 Å². The molecule has 0 spiro atoms. The number of thiazole rings is 1. The van der Waals surface area contributed by atoms with Crippen LogP contribution < -0.4 is 0 Å². The molecule has 0 saturated heterocycles. The Labute approximate surface area is 91.6 Å². The monoisotopic (exact) mass is 231 g/mol. The molecule has 78 valence electrons. The fraction of sp³-hybridized carbons (Fsp3) is 0.556. The molecule has 0 atom stereocenters. The summed E-state index contributed by atoms with van der Waals surface area (Å²) in [6, 6.07) is 0. The van der Waals surface area contributed by atoms with Gasteiger partial charge in [-0.2, -0.15) is 11.8 Å². The summed E-state index contributed by atoms with van der Waals surface area (Å²) in [7, 11) is 0. The van der Waals surface area contributed by atoms with E-state index in [1.165, 1.54) is 11.3 Å². The lowest BCUT2D eigenvalue weighted by molar-refractivity contribution is -0.136. The molecule has 1 N–H and O–H groups in total. The second-order valence-electron chi connectivity index (χ2n) is 2.84. The van der Waals surface area contributed by atoms with Gasteiger partial charge in [-0.25, -0.2) is 4.98 Å². The highest BCUT2D eigenvalue weighted by Crippen LogP contribution is 2.19. The van der Waals surface area contributed by atoms with Gasteiger partial charge in [0.1, 0.15) is 5.01 Å². The Hall–Kier alpha value is -0.550. The molecule has 0 bridgehead atoms. The summed E-state index contributed by atoms with van der Waals surface area (Å²) in [6.07, 6.45) is 2.93. The van der Waals surface area contributed by atoms with Crippen LogP contribution in [-0.4, -0.2) is 21.8 Å². The number of aromatic nitrogens is 1. The molecule has 0 unspecified atom stereocenters. The first-order valence-electron chi connectivity index (χ1n) is 4.45. The second kappa shape index (κ2) is 6.03. The number of thioether (sulfide) groups is 1. The van der Waals surface area contributed by atoms with E-state index in [4.69, 9.17) is 5.11 Å². The van der Waals surface area contributed by atoms with Crippen molar-refractivity contribution in [1.29, 1.82) is 0 Å². The molecule has 0 amide bonds. The van der Waals surface area contributed by atoms with E-state index >= 15 is 0 Å². The van der Waals surface area contributed by atoms with Crippen molar-refractivity contribution in [1.82, 2.24) is 4.98 Å². The van der Waals surface area contributed by atoms with Gasteiger partial charge in [-0.1, -0.05) is 6.92 Å². The van der Waals surface area contributed by atoms with Crippen molar-refractivity contribution in [3.05, 3.63) is 16.1 Å². The van der Waals surface area contributed by atoms with E-state index < -0.39 is 5.97 Å². The molecule has 14 heavy (non-hydrogen) atoms. The summed E-state index contributed by atoms with van der Waals surface area (Å²) in [5, 5.41) is 9.59. The first-order chi connectivity index (χ1) is 6.72. The standard InChI is InChI=1S/C9H13NO2S2/c1-2-3-13-6-8-10-5-7(14-8)4-9(11)12/h5H,2-4,6H2,1H3,(H,11,12). The number of carboxylic acid groups (broad SMARTS) is 1. The van der Waals surface area contributed by atoms with Gasteiger partial charge >= 0.3 is 5.97 Å². The lowest BCUT2D eigenvalue weighted by Crippen LogP contribution is -1.97. The second-order valence-corrected chi connectivity index (χ2v) is 5.15. The molecule has 3 nitrogen and oxygen atoms in total. The topological polar surface area (TPSA) is 50.2 Å². The van der Waals surface area contributed by atoms with Crippen LogP contribution in [0, 0.1) is 0 Å². The van der Waals surface area contributed by atoms with Gasteiger partial charge < -0.3 is 5.11 Å². The van der Waals surface area contributed by atoms with Crippen LogP contribution in [0.25, 0.3) is 0 Å². The summed E-state index contributed by atoms with van der Waals surface area (Å²) in [5.74, 6) is 1.24. The van der Waals surface area contributed by atoms with Crippen molar-refractivity contribution in [3.63, 3.8) is 0 Å². The zero-order valence-corrected chi connectivity index (χ0v) is 9.66. The summed E-state index contributed by atoms with van der Waals surface area (Å²) in [6.45, 7) is 2.14. The molecule has 1 rings (SSSR count). The van der Waals surface area contributed by atoms with Crippen LogP contribution in [0.3, 0.4) is 0 Å². The van der Waals surface area contributed by atoms with E-state index in [-0.39, 0.29) is 6.42 Å². The molecule has 1 aromatic rings. The van der Waals surface area contributed by atoms with Crippen molar-refractivity contribution in [3.8, 4) is 0 Å². The third-order valence-corrected chi connectivity index (χ3v) is 3.86. The molecule has 1 heterocycles. The van der Waals surface area contributed by atoms with Gasteiger partial charge in [0, 0.05) is 16.8 Å². The minimum Gasteiger partial charge on any atom is -0.481 e. The van der Waals surface area contributed by atoms with Gasteiger partial charge in [0.2, 0.25) is 0 Å². The molecule has 0 saturated carbocycles. The number of nitrogens with zero attached hydrogens (tertiary/aromatic N) is 1. The van der Waals surface area contributed by atoms with E-state index in [0.717, 1.165) is 27.8 Å². The van der Waals surface area contributed by atoms with E-state index in [1.54, 1.807) is 6.20 Å². The van der Waals surface area contributed by atoms with Gasteiger partial charge in [-0.15, -0.1) is 11.3 Å². The maximum atomic E-state index is 10.4. The van der Waals surface area contributed by atoms with Gasteiger partial charge in [-0.3, -0.25) is 4.79 Å². The normalized spacial score (nSPS) is 10.4. The Morgan fingerprint density at radius 1 is 1.71 bits per heavy atom. The minimum atomic E-state index is -0.790. The van der Waals surface area contributed by atoms with Gasteiger partial charge in [0.25, 0.3) is 0 Å². The number of carbonyl (C=O) groups is 1. The maximum absolute atomic E-state index is 10.4. The average Bonchev–Trinajstić information content (AvgIpc) is 2.52. The third kappa shape index (κ3) is 4.11. The predicted molar refractivity (Wildman–Crippen MR) is 59.9 cm³/mol. The Kier molecular flexibility index (Phi) is 4.97. The molecule has 0 aliphatic rings. The minimum absolute atomic E-state index is 0.0934. The maximum Gasteiger partial charge on any atom is 0.308 e. The fourth-order valence-electron chi connectivity index (χ4n) is 0.949. The van der Waals surface area contributed by atoms with Crippen molar-refractivity contribution >= 4 is 29.1 Å². The largest absolute Gasteiger partial charge is 0.481 e. The van der Waals surface area contributed by atoms with Crippen LogP contribution in [0.2, 0.25) is 0 Å². The van der Waals surface area contributed by atoms with Crippen LogP contribution in [0.15, 0.2) is 6.20 Å². The van der Waals surface area contributed by atoms with Crippen molar-refractivity contribution in [2.75, 3.05) is 5.75 Å². The van der Waals surface area contributed by atoms with Crippen LogP contribution in [0.1, 0.15) is 23.2 Å². The first kappa shape index (κ1) is 11.5. The number of aliphatic carboxylic acids is 1. The molecule has 0 fully saturated rings. The Bertz CT molecular complexity index is 299. The van der Waals surface area contributed by atoms with Crippen LogP contribution in [0.4, 0.5) is 0 Å². The quantitative estimate of drug-likeness (QED) is 0.764. The molecule has 0 aliphatic carbocycles. The lowest BCUT2D eigenvalue weighted by Gasteiger charge is -1.93. The Morgan fingerprint density at radius 3 is 3.14 bits per heavy atom. The molecule has 1 aromatic heterocycles. The number of hydrogen-bond donors (Lipinski definition) is 1. The Morgan fingerprint density at radius 2 is 2.50 bits per heavy atom. The van der Waals surface area contributed by atoms with E-state index in [9.17, 15) is 4.79 Å². The molecule has 0 aliphatic heterocycles. The highest BCUT2D eigenvalue weighted by atomic mass is 32.2. The predicted octanol–water partition coefficient (Wildman–Crippen LogP) is 2.41. The highest BCUT2D eigenvalue weighted by molar-refractivity contribution is 7.98. The number of rotatable bonds is 6. The summed E-state index contributed by atoms with van der Waals surface area (Å²) >= 11 is 3.34. The number of carboxylic acids is 1. The smallest absolute Gasteiger partial charge is 0.308 e. The molecule has 0 aromatic carbocycles.